The van der Waals surface area contributed by atoms with Crippen LogP contribution in [0.4, 0.5) is 0 Å². The lowest BCUT2D eigenvalue weighted by Crippen LogP contribution is -2.67. The van der Waals surface area contributed by atoms with Gasteiger partial charge in [0.25, 0.3) is 5.56 Å². The van der Waals surface area contributed by atoms with E-state index in [9.17, 15) is 29.1 Å². The van der Waals surface area contributed by atoms with Crippen molar-refractivity contribution in [3.05, 3.63) is 101 Å². The fraction of sp³-hybridized carbons (Fsp3) is 0.333. The van der Waals surface area contributed by atoms with Crippen LogP contribution < -0.4 is 26.4 Å². The van der Waals surface area contributed by atoms with Crippen molar-refractivity contribution in [3.63, 3.8) is 0 Å². The Balaban J connectivity index is 1.33. The van der Waals surface area contributed by atoms with Crippen LogP contribution in [-0.2, 0) is 36.1 Å². The molecule has 1 fully saturated rings. The van der Waals surface area contributed by atoms with Gasteiger partial charge in [-0.1, -0.05) is 41.4 Å². The van der Waals surface area contributed by atoms with Crippen molar-refractivity contribution < 1.29 is 24.2 Å². The number of aryl methyl sites for hydroxylation is 2. The molecule has 2 aliphatic carbocycles. The molecule has 17 heteroatoms. The van der Waals surface area contributed by atoms with Gasteiger partial charge in [0.05, 0.1) is 37.8 Å². The van der Waals surface area contributed by atoms with Crippen LogP contribution in [0.1, 0.15) is 29.6 Å². The number of ether oxygens (including phenoxy) is 2. The first-order valence-electron chi connectivity index (χ1n) is 15.2. The van der Waals surface area contributed by atoms with Gasteiger partial charge in [-0.05, 0) is 23.3 Å². The summed E-state index contributed by atoms with van der Waals surface area (Å²) >= 11 is 26.8. The summed E-state index contributed by atoms with van der Waals surface area (Å²) in [5.41, 5.74) is -0.0990. The maximum atomic E-state index is 14.2. The second-order valence-corrected chi connectivity index (χ2v) is 14.3. The molecule has 0 saturated heterocycles. The minimum atomic E-state index is -2.22. The van der Waals surface area contributed by atoms with Crippen LogP contribution in [0.5, 0.6) is 17.2 Å². The van der Waals surface area contributed by atoms with Gasteiger partial charge in [0.15, 0.2) is 23.1 Å². The van der Waals surface area contributed by atoms with Crippen molar-refractivity contribution in [1.29, 1.82) is 0 Å². The number of hydrogen-bond acceptors (Lipinski definition) is 9. The van der Waals surface area contributed by atoms with Crippen molar-refractivity contribution in [1.82, 2.24) is 23.5 Å². The smallest absolute Gasteiger partial charge is 0.347 e. The molecule has 13 nitrogen and oxygen atoms in total. The van der Waals surface area contributed by atoms with Crippen molar-refractivity contribution in [2.24, 2.45) is 7.05 Å². The highest BCUT2D eigenvalue weighted by molar-refractivity contribution is 6.66. The van der Waals surface area contributed by atoms with Gasteiger partial charge in [-0.25, -0.2) is 28.5 Å². The van der Waals surface area contributed by atoms with Crippen LogP contribution in [0.15, 0.2) is 72.5 Å². The SMILES string of the molecule is COc1cc2nc(CCn3c(=O)n4n(c3=O)[C@@H]3C[C@@]5(Cl)C(=O)C(Cl)=C(Cl)C(=O)[C@@]5(Cl)[C@@H](c5cccc(O)c5)C3=CC4)c(=O)n(C)c2cc1OC. The third kappa shape index (κ3) is 4.59. The molecule has 0 bridgehead atoms. The van der Waals surface area contributed by atoms with Gasteiger partial charge in [0.2, 0.25) is 0 Å². The summed E-state index contributed by atoms with van der Waals surface area (Å²) in [6.07, 6.45) is 1.17. The highest BCUT2D eigenvalue weighted by Crippen LogP contribution is 2.63. The molecule has 3 aliphatic rings. The number of rotatable bonds is 6. The standard InChI is InChI=1S/C33H27Cl4N5O8/c1-39-20-13-23(50-3)22(49-2)12-19(20)38-18(29(39)46)8-9-40-30(47)41-10-7-17-21(42(41)31(40)48)14-32(36)27(44)25(34)26(35)28(45)33(32,37)24(17)15-5-4-6-16(43)11-15/h4-7,11-13,21,24,43H,8-10,14H2,1-3H3/t21-,24+,32-,33+/m1/s1. The Morgan fingerprint density at radius 2 is 1.64 bits per heavy atom. The minimum Gasteiger partial charge on any atom is -0.508 e. The van der Waals surface area contributed by atoms with Gasteiger partial charge in [-0.15, -0.1) is 23.2 Å². The Hall–Kier alpha value is -4.30. The monoisotopic (exact) mass is 761 g/mol. The summed E-state index contributed by atoms with van der Waals surface area (Å²) in [5.74, 6) is -2.31. The summed E-state index contributed by atoms with van der Waals surface area (Å²) in [6, 6.07) is 8.12. The first kappa shape index (κ1) is 34.2. The fourth-order valence-corrected chi connectivity index (χ4v) is 8.90. The molecule has 2 aromatic heterocycles. The number of Topliss-reactive ketones (excluding diaryl/α,β-unsaturated/α-hetero) is 2. The summed E-state index contributed by atoms with van der Waals surface area (Å²) in [6.45, 7) is -0.314. The van der Waals surface area contributed by atoms with E-state index in [1.54, 1.807) is 31.3 Å². The van der Waals surface area contributed by atoms with E-state index >= 15 is 0 Å². The maximum Gasteiger partial charge on any atom is 0.347 e. The Bertz CT molecular complexity index is 2430. The van der Waals surface area contributed by atoms with Crippen molar-refractivity contribution in [2.75, 3.05) is 14.2 Å². The Morgan fingerprint density at radius 3 is 2.32 bits per heavy atom. The Morgan fingerprint density at radius 1 is 0.960 bits per heavy atom. The molecule has 0 unspecified atom stereocenters. The van der Waals surface area contributed by atoms with E-state index in [0.717, 1.165) is 4.57 Å². The molecule has 0 radical (unpaired) electrons. The van der Waals surface area contributed by atoms with Crippen LogP contribution in [0.3, 0.4) is 0 Å². The van der Waals surface area contributed by atoms with Gasteiger partial charge in [-0.3, -0.25) is 14.4 Å². The van der Waals surface area contributed by atoms with E-state index in [0.29, 0.717) is 33.7 Å². The second kappa shape index (κ2) is 11.9. The molecule has 3 heterocycles. The first-order valence-corrected chi connectivity index (χ1v) is 16.8. The Kier molecular flexibility index (Phi) is 8.13. The molecule has 1 N–H and O–H groups in total. The van der Waals surface area contributed by atoms with Crippen molar-refractivity contribution in [2.45, 2.75) is 47.6 Å². The van der Waals surface area contributed by atoms with Crippen molar-refractivity contribution >= 4 is 69.0 Å². The van der Waals surface area contributed by atoms with Crippen LogP contribution in [0.25, 0.3) is 11.0 Å². The van der Waals surface area contributed by atoms with Gasteiger partial charge >= 0.3 is 11.4 Å². The third-order valence-electron chi connectivity index (χ3n) is 9.81. The van der Waals surface area contributed by atoms with Crippen molar-refractivity contribution in [3.8, 4) is 17.2 Å². The van der Waals surface area contributed by atoms with Gasteiger partial charge < -0.3 is 19.1 Å². The topological polar surface area (TPSA) is 157 Å². The molecular weight excluding hydrogens is 736 g/mol. The molecule has 0 spiro atoms. The molecule has 4 atom stereocenters. The number of methoxy groups -OCH3 is 2. The van der Waals surface area contributed by atoms with Gasteiger partial charge in [0, 0.05) is 44.5 Å². The second-order valence-electron chi connectivity index (χ2n) is 12.3. The summed E-state index contributed by atoms with van der Waals surface area (Å²) < 4.78 is 15.5. The number of phenolic OH excluding ortho intramolecular Hbond substituents is 1. The van der Waals surface area contributed by atoms with Gasteiger partial charge in [0.1, 0.15) is 31.3 Å². The van der Waals surface area contributed by atoms with Crippen LogP contribution >= 0.6 is 46.4 Å². The number of aromatic nitrogens is 5. The van der Waals surface area contributed by atoms with E-state index < -0.39 is 66.7 Å². The zero-order chi connectivity index (χ0) is 36.0. The molecule has 260 valence electrons. The number of alkyl halides is 2. The summed E-state index contributed by atoms with van der Waals surface area (Å²) in [5, 5.41) is 9.22. The number of carbonyl (C=O) groups is 2. The molecule has 2 aromatic carbocycles. The van der Waals surface area contributed by atoms with Crippen LogP contribution in [0, 0.1) is 0 Å². The number of fused-ring (bicyclic) bond motifs is 5. The number of nitrogens with zero attached hydrogens (tertiary/aromatic N) is 5. The lowest BCUT2D eigenvalue weighted by atomic mass is 9.59. The minimum absolute atomic E-state index is 0.0802. The number of aromatic hydroxyl groups is 1. The molecule has 1 saturated carbocycles. The average molecular weight is 763 g/mol. The van der Waals surface area contributed by atoms with E-state index in [1.165, 1.54) is 46.3 Å². The molecule has 7 rings (SSSR count). The third-order valence-corrected chi connectivity index (χ3v) is 12.1. The van der Waals surface area contributed by atoms with Gasteiger partial charge in [-0.2, -0.15) is 0 Å². The number of benzene rings is 2. The molecule has 0 amide bonds. The molecule has 4 aromatic rings. The van der Waals surface area contributed by atoms with Crippen LogP contribution in [-0.4, -0.2) is 64.1 Å². The number of carbonyl (C=O) groups excluding carboxylic acids is 2. The predicted molar refractivity (Wildman–Crippen MR) is 185 cm³/mol. The zero-order valence-electron chi connectivity index (χ0n) is 26.6. The average Bonchev–Trinajstić information content (AvgIpc) is 3.35. The first-order chi connectivity index (χ1) is 23.7. The number of halogens is 4. The van der Waals surface area contributed by atoms with Crippen LogP contribution in [0.2, 0.25) is 0 Å². The number of allylic oxidation sites excluding steroid dienone is 4. The number of ketones is 2. The fourth-order valence-electron chi connectivity index (χ4n) is 7.38. The zero-order valence-corrected chi connectivity index (χ0v) is 29.6. The highest BCUT2D eigenvalue weighted by Gasteiger charge is 2.71. The number of hydrogen-bond donors (Lipinski definition) is 1. The van der Waals surface area contributed by atoms with E-state index in [-0.39, 0.29) is 31.0 Å². The van der Waals surface area contributed by atoms with E-state index in [4.69, 9.17) is 55.9 Å². The summed E-state index contributed by atoms with van der Waals surface area (Å²) in [4.78, 5) is 69.0. The highest BCUT2D eigenvalue weighted by atomic mass is 35.5. The van der Waals surface area contributed by atoms with E-state index in [1.807, 2.05) is 0 Å². The molecular formula is C33H27Cl4N5O8. The quantitative estimate of drug-likeness (QED) is 0.230. The molecule has 50 heavy (non-hydrogen) atoms. The lowest BCUT2D eigenvalue weighted by Gasteiger charge is -2.54. The molecule has 1 aliphatic heterocycles. The number of phenols is 1. The normalized spacial score (nSPS) is 24.5. The predicted octanol–water partition coefficient (Wildman–Crippen LogP) is 3.49. The Labute approximate surface area is 302 Å². The largest absolute Gasteiger partial charge is 0.508 e. The van der Waals surface area contributed by atoms with E-state index in [2.05, 4.69) is 4.98 Å². The lowest BCUT2D eigenvalue weighted by molar-refractivity contribution is -0.128. The summed E-state index contributed by atoms with van der Waals surface area (Å²) in [7, 11) is 4.52. The maximum absolute atomic E-state index is 14.2.